The first kappa shape index (κ1) is 27.9. The Balaban J connectivity index is 1.21. The number of fused-ring (bicyclic) bond motifs is 1. The van der Waals surface area contributed by atoms with Crippen LogP contribution < -0.4 is 15.5 Å². The van der Waals surface area contributed by atoms with E-state index in [9.17, 15) is 14.7 Å². The summed E-state index contributed by atoms with van der Waals surface area (Å²) in [5, 5.41) is 17.2. The van der Waals surface area contributed by atoms with Crippen LogP contribution in [0.3, 0.4) is 0 Å². The molecule has 0 saturated carbocycles. The molecule has 4 N–H and O–H groups in total. The van der Waals surface area contributed by atoms with Gasteiger partial charge in [-0.15, -0.1) is 0 Å². The predicted molar refractivity (Wildman–Crippen MR) is 165 cm³/mol. The van der Waals surface area contributed by atoms with Crippen LogP contribution in [0.4, 0.5) is 0 Å². The minimum Gasteiger partial charge on any atom is -0.508 e. The number of aromatic hydroxyl groups is 1. The van der Waals surface area contributed by atoms with Gasteiger partial charge in [0, 0.05) is 23.5 Å². The number of hydrogen-bond donors (Lipinski definition) is 4. The Morgan fingerprint density at radius 1 is 0.833 bits per heavy atom. The Morgan fingerprint density at radius 2 is 1.50 bits per heavy atom. The predicted octanol–water partition coefficient (Wildman–Crippen LogP) is 5.30. The lowest BCUT2D eigenvalue weighted by Gasteiger charge is -2.17. The number of carbonyl (C=O) groups is 2. The number of phenolic OH excluding ortho intramolecular Hbond substituents is 1. The van der Waals surface area contributed by atoms with Crippen LogP contribution in [0.25, 0.3) is 23.1 Å². The van der Waals surface area contributed by atoms with E-state index in [1.807, 2.05) is 85.1 Å². The first-order valence-corrected chi connectivity index (χ1v) is 13.5. The number of rotatable bonds is 11. The summed E-state index contributed by atoms with van der Waals surface area (Å²) >= 11 is 0. The highest BCUT2D eigenvalue weighted by atomic mass is 16.5. The summed E-state index contributed by atoms with van der Waals surface area (Å²) in [5.74, 6) is -0.238. The number of nitrogens with one attached hydrogen (secondary N) is 3. The highest BCUT2D eigenvalue weighted by Crippen LogP contribution is 2.19. The maximum atomic E-state index is 13.1. The second-order valence-electron chi connectivity index (χ2n) is 9.61. The van der Waals surface area contributed by atoms with Crippen LogP contribution in [0.1, 0.15) is 22.3 Å². The molecule has 0 aliphatic carbocycles. The van der Waals surface area contributed by atoms with E-state index in [1.54, 1.807) is 24.3 Å². The first-order chi connectivity index (χ1) is 20.5. The fraction of sp³-hybridized carbons (Fsp3) is 0.0882. The van der Waals surface area contributed by atoms with Gasteiger partial charge in [-0.1, -0.05) is 72.8 Å². The Kier molecular flexibility index (Phi) is 9.06. The molecule has 0 aliphatic heterocycles. The molecule has 5 rings (SSSR count). The van der Waals surface area contributed by atoms with E-state index in [1.165, 1.54) is 18.3 Å². The molecule has 0 fully saturated rings. The molecule has 2 amide bonds. The number of H-pyrrole nitrogens is 1. The van der Waals surface area contributed by atoms with Gasteiger partial charge in [-0.05, 0) is 64.7 Å². The van der Waals surface area contributed by atoms with Gasteiger partial charge in [-0.3, -0.25) is 9.59 Å². The van der Waals surface area contributed by atoms with E-state index in [2.05, 4.69) is 20.8 Å². The molecule has 42 heavy (non-hydrogen) atoms. The molecule has 0 bridgehead atoms. The van der Waals surface area contributed by atoms with Gasteiger partial charge in [0.2, 0.25) is 0 Å². The lowest BCUT2D eigenvalue weighted by atomic mass is 10.0. The Morgan fingerprint density at radius 3 is 2.26 bits per heavy atom. The van der Waals surface area contributed by atoms with Crippen molar-refractivity contribution in [3.05, 3.63) is 132 Å². The number of hydrazone groups is 1. The van der Waals surface area contributed by atoms with E-state index in [-0.39, 0.29) is 18.8 Å². The number of aromatic amines is 1. The quantitative estimate of drug-likeness (QED) is 0.100. The molecule has 4 aromatic carbocycles. The van der Waals surface area contributed by atoms with Gasteiger partial charge in [0.25, 0.3) is 11.8 Å². The number of para-hydroxylation sites is 1. The second-order valence-corrected chi connectivity index (χ2v) is 9.61. The number of ether oxygens (including phenoxy) is 1. The molecular weight excluding hydrogens is 528 g/mol. The number of carbonyl (C=O) groups excluding carboxylic acids is 2. The maximum absolute atomic E-state index is 13.1. The van der Waals surface area contributed by atoms with Crippen molar-refractivity contribution < 1.29 is 19.4 Å². The van der Waals surface area contributed by atoms with Gasteiger partial charge < -0.3 is 20.1 Å². The van der Waals surface area contributed by atoms with Crippen LogP contribution in [-0.4, -0.2) is 40.8 Å². The van der Waals surface area contributed by atoms with Crippen molar-refractivity contribution >= 4 is 41.1 Å². The number of amides is 2. The van der Waals surface area contributed by atoms with Gasteiger partial charge in [0.05, 0.1) is 6.21 Å². The molecule has 0 aliphatic rings. The Labute approximate surface area is 243 Å². The van der Waals surface area contributed by atoms with Crippen LogP contribution in [0.15, 0.2) is 114 Å². The molecule has 5 aromatic rings. The topological polar surface area (TPSA) is 116 Å². The number of phenols is 1. The van der Waals surface area contributed by atoms with E-state index in [0.29, 0.717) is 11.3 Å². The maximum Gasteiger partial charge on any atom is 0.262 e. The minimum absolute atomic E-state index is 0.135. The summed E-state index contributed by atoms with van der Waals surface area (Å²) in [6.07, 6.45) is 7.57. The van der Waals surface area contributed by atoms with E-state index in [0.717, 1.165) is 27.6 Å². The van der Waals surface area contributed by atoms with Gasteiger partial charge in [0.1, 0.15) is 17.5 Å². The zero-order valence-corrected chi connectivity index (χ0v) is 22.7. The molecule has 8 heteroatoms. The molecule has 210 valence electrons. The highest BCUT2D eigenvalue weighted by Gasteiger charge is 2.23. The van der Waals surface area contributed by atoms with Crippen molar-refractivity contribution in [1.82, 2.24) is 15.7 Å². The SMILES string of the molecule is O=C(COc1ccc(/C=C/c2ccccc2)cc1)N[C@@H](Cc1c[nH]c2ccccc12)C(=O)N/N=C/c1ccc(O)cc1. The lowest BCUT2D eigenvalue weighted by Crippen LogP contribution is -2.48. The van der Waals surface area contributed by atoms with E-state index < -0.39 is 17.9 Å². The summed E-state index contributed by atoms with van der Waals surface area (Å²) in [5.41, 5.74) is 7.13. The number of aromatic nitrogens is 1. The Bertz CT molecular complexity index is 1690. The van der Waals surface area contributed by atoms with Crippen LogP contribution >= 0.6 is 0 Å². The fourth-order valence-corrected chi connectivity index (χ4v) is 4.36. The molecule has 1 heterocycles. The lowest BCUT2D eigenvalue weighted by molar-refractivity contribution is -0.130. The molecule has 8 nitrogen and oxygen atoms in total. The normalized spacial score (nSPS) is 12.0. The van der Waals surface area contributed by atoms with Crippen molar-refractivity contribution in [1.29, 1.82) is 0 Å². The van der Waals surface area contributed by atoms with Crippen LogP contribution in [0, 0.1) is 0 Å². The summed E-state index contributed by atoms with van der Waals surface area (Å²) < 4.78 is 5.70. The van der Waals surface area contributed by atoms with E-state index in [4.69, 9.17) is 4.74 Å². The number of hydrogen-bond acceptors (Lipinski definition) is 5. The number of nitrogens with zero attached hydrogens (tertiary/aromatic N) is 1. The van der Waals surface area contributed by atoms with Crippen LogP contribution in [0.2, 0.25) is 0 Å². The second kappa shape index (κ2) is 13.6. The average Bonchev–Trinajstić information content (AvgIpc) is 3.43. The van der Waals surface area contributed by atoms with E-state index >= 15 is 0 Å². The summed E-state index contributed by atoms with van der Waals surface area (Å²) in [4.78, 5) is 29.2. The van der Waals surface area contributed by atoms with Gasteiger partial charge >= 0.3 is 0 Å². The third-order valence-corrected chi connectivity index (χ3v) is 6.55. The van der Waals surface area contributed by atoms with Crippen molar-refractivity contribution in [2.45, 2.75) is 12.5 Å². The van der Waals surface area contributed by atoms with Gasteiger partial charge in [-0.25, -0.2) is 5.43 Å². The monoisotopic (exact) mass is 558 g/mol. The summed E-state index contributed by atoms with van der Waals surface area (Å²) in [6, 6.07) is 30.7. The van der Waals surface area contributed by atoms with Crippen molar-refractivity contribution in [3.63, 3.8) is 0 Å². The summed E-state index contributed by atoms with van der Waals surface area (Å²) in [6.45, 7) is -0.256. The van der Waals surface area contributed by atoms with Crippen molar-refractivity contribution in [3.8, 4) is 11.5 Å². The number of benzene rings is 4. The average molecular weight is 559 g/mol. The smallest absolute Gasteiger partial charge is 0.262 e. The van der Waals surface area contributed by atoms with Gasteiger partial charge in [-0.2, -0.15) is 5.10 Å². The molecule has 0 saturated heterocycles. The highest BCUT2D eigenvalue weighted by molar-refractivity contribution is 5.91. The largest absolute Gasteiger partial charge is 0.508 e. The van der Waals surface area contributed by atoms with Crippen LogP contribution in [-0.2, 0) is 16.0 Å². The summed E-state index contributed by atoms with van der Waals surface area (Å²) in [7, 11) is 0. The van der Waals surface area contributed by atoms with Gasteiger partial charge in [0.15, 0.2) is 6.61 Å². The van der Waals surface area contributed by atoms with Crippen LogP contribution in [0.5, 0.6) is 11.5 Å². The standard InChI is InChI=1S/C34H30N4O4/c39-28-16-12-26(13-17-28)21-36-38-34(41)32(20-27-22-35-31-9-5-4-8-30(27)31)37-33(40)23-42-29-18-14-25(15-19-29)11-10-24-6-2-1-3-7-24/h1-19,21-22,32,35,39H,20,23H2,(H,37,40)(H,38,41)/b11-10+,36-21+/t32-/m0/s1. The van der Waals surface area contributed by atoms with Crippen molar-refractivity contribution in [2.75, 3.05) is 6.61 Å². The Hall–Kier alpha value is -5.63. The molecule has 0 radical (unpaired) electrons. The molecule has 0 spiro atoms. The molecule has 0 unspecified atom stereocenters. The molecule has 1 aromatic heterocycles. The zero-order chi connectivity index (χ0) is 29.1. The minimum atomic E-state index is -0.900. The molecular formula is C34H30N4O4. The third kappa shape index (κ3) is 7.73. The fourth-order valence-electron chi connectivity index (χ4n) is 4.36. The van der Waals surface area contributed by atoms with Crippen molar-refractivity contribution in [2.24, 2.45) is 5.10 Å². The first-order valence-electron chi connectivity index (χ1n) is 13.5. The third-order valence-electron chi connectivity index (χ3n) is 6.55. The molecule has 1 atom stereocenters. The zero-order valence-electron chi connectivity index (χ0n) is 22.7.